The Kier molecular flexibility index (Phi) is 7.51. The molecule has 2 rings (SSSR count). The zero-order valence-electron chi connectivity index (χ0n) is 14.5. The lowest BCUT2D eigenvalue weighted by Crippen LogP contribution is -2.56. The number of nitrogens with one attached hydrogen (secondary N) is 3. The molecule has 1 unspecified atom stereocenters. The number of benzene rings is 1. The lowest BCUT2D eigenvalue weighted by Gasteiger charge is -2.30. The first-order valence-electron chi connectivity index (χ1n) is 8.00. The summed E-state index contributed by atoms with van der Waals surface area (Å²) in [7, 11) is 1.92. The average Bonchev–Trinajstić information content (AvgIpc) is 2.95. The van der Waals surface area contributed by atoms with Gasteiger partial charge < -0.3 is 20.9 Å². The van der Waals surface area contributed by atoms with Crippen molar-refractivity contribution in [2.45, 2.75) is 25.8 Å². The third-order valence-corrected chi connectivity index (χ3v) is 4.06. The zero-order chi connectivity index (χ0) is 16.9. The maximum absolute atomic E-state index is 12.7. The van der Waals surface area contributed by atoms with Crippen LogP contribution in [0.4, 0.5) is 10.5 Å². The first kappa shape index (κ1) is 20.3. The van der Waals surface area contributed by atoms with Gasteiger partial charge >= 0.3 is 6.03 Å². The second kappa shape index (κ2) is 8.89. The quantitative estimate of drug-likeness (QED) is 0.758. The summed E-state index contributed by atoms with van der Waals surface area (Å²) in [5, 5.41) is 8.66. The molecule has 1 aliphatic rings. The van der Waals surface area contributed by atoms with Crippen LogP contribution >= 0.6 is 12.4 Å². The van der Waals surface area contributed by atoms with E-state index in [0.29, 0.717) is 11.6 Å². The van der Waals surface area contributed by atoms with E-state index in [1.54, 1.807) is 26.0 Å². The van der Waals surface area contributed by atoms with Gasteiger partial charge in [-0.05, 0) is 51.9 Å². The molecule has 3 N–H and O–H groups in total. The molecule has 0 bridgehead atoms. The lowest BCUT2D eigenvalue weighted by molar-refractivity contribution is -0.135. The fraction of sp³-hybridized carbons (Fsp3) is 0.529. The fourth-order valence-corrected chi connectivity index (χ4v) is 2.89. The molecule has 3 amide bonds. The van der Waals surface area contributed by atoms with E-state index in [1.807, 2.05) is 30.1 Å². The minimum Gasteiger partial charge on any atom is -0.340 e. The minimum atomic E-state index is -0.937. The Morgan fingerprint density at radius 2 is 1.92 bits per heavy atom. The Labute approximate surface area is 149 Å². The predicted molar refractivity (Wildman–Crippen MR) is 98.5 cm³/mol. The smallest absolute Gasteiger partial charge is 0.320 e. The van der Waals surface area contributed by atoms with Gasteiger partial charge in [0.2, 0.25) is 5.91 Å². The SMILES string of the molecule is CNCC1CCN(C(=O)C(C)(C)NC(=O)Nc2ccccc2)C1.Cl. The second-order valence-corrected chi connectivity index (χ2v) is 6.53. The van der Waals surface area contributed by atoms with Crippen LogP contribution in [0.15, 0.2) is 30.3 Å². The highest BCUT2D eigenvalue weighted by Gasteiger charge is 2.36. The molecule has 6 nitrogen and oxygen atoms in total. The normalized spacial score (nSPS) is 17.1. The van der Waals surface area contributed by atoms with E-state index < -0.39 is 5.54 Å². The zero-order valence-corrected chi connectivity index (χ0v) is 15.3. The van der Waals surface area contributed by atoms with Crippen molar-refractivity contribution in [3.8, 4) is 0 Å². The van der Waals surface area contributed by atoms with E-state index >= 15 is 0 Å². The van der Waals surface area contributed by atoms with Gasteiger partial charge in [-0.15, -0.1) is 12.4 Å². The highest BCUT2D eigenvalue weighted by molar-refractivity contribution is 5.95. The number of urea groups is 1. The summed E-state index contributed by atoms with van der Waals surface area (Å²) < 4.78 is 0. The number of anilines is 1. The van der Waals surface area contributed by atoms with Gasteiger partial charge in [-0.25, -0.2) is 4.79 Å². The minimum absolute atomic E-state index is 0. The molecule has 1 aliphatic heterocycles. The summed E-state index contributed by atoms with van der Waals surface area (Å²) in [6, 6.07) is 8.80. The van der Waals surface area contributed by atoms with Crippen LogP contribution in [-0.4, -0.2) is 49.1 Å². The number of carbonyl (C=O) groups is 2. The summed E-state index contributed by atoms with van der Waals surface area (Å²) in [5.41, 5.74) is -0.239. The first-order chi connectivity index (χ1) is 10.9. The van der Waals surface area contributed by atoms with Gasteiger partial charge in [0.15, 0.2) is 0 Å². The maximum Gasteiger partial charge on any atom is 0.320 e. The monoisotopic (exact) mass is 354 g/mol. The molecule has 1 fully saturated rings. The number of hydrogen-bond acceptors (Lipinski definition) is 3. The Bertz CT molecular complexity index is 551. The Balaban J connectivity index is 0.00000288. The summed E-state index contributed by atoms with van der Waals surface area (Å²) in [6.45, 7) is 5.88. The molecule has 1 atom stereocenters. The molecular formula is C17H27ClN4O2. The number of para-hydroxylation sites is 1. The average molecular weight is 355 g/mol. The van der Waals surface area contributed by atoms with Crippen molar-refractivity contribution in [2.75, 3.05) is 32.0 Å². The van der Waals surface area contributed by atoms with Crippen LogP contribution in [0.2, 0.25) is 0 Å². The topological polar surface area (TPSA) is 73.5 Å². The second-order valence-electron chi connectivity index (χ2n) is 6.53. The van der Waals surface area contributed by atoms with Gasteiger partial charge in [-0.2, -0.15) is 0 Å². The van der Waals surface area contributed by atoms with Crippen molar-refractivity contribution in [3.05, 3.63) is 30.3 Å². The summed E-state index contributed by atoms with van der Waals surface area (Å²) >= 11 is 0. The fourth-order valence-electron chi connectivity index (χ4n) is 2.89. The number of halogens is 1. The number of hydrogen-bond donors (Lipinski definition) is 3. The molecular weight excluding hydrogens is 328 g/mol. The van der Waals surface area contributed by atoms with Crippen LogP contribution in [0.1, 0.15) is 20.3 Å². The first-order valence-corrected chi connectivity index (χ1v) is 8.00. The lowest BCUT2D eigenvalue weighted by atomic mass is 10.0. The molecule has 0 saturated carbocycles. The molecule has 1 aromatic carbocycles. The summed E-state index contributed by atoms with van der Waals surface area (Å²) in [4.78, 5) is 26.6. The van der Waals surface area contributed by atoms with Crippen molar-refractivity contribution in [1.29, 1.82) is 0 Å². The van der Waals surface area contributed by atoms with Crippen LogP contribution in [0.25, 0.3) is 0 Å². The highest BCUT2D eigenvalue weighted by atomic mass is 35.5. The van der Waals surface area contributed by atoms with Crippen molar-refractivity contribution < 1.29 is 9.59 Å². The molecule has 7 heteroatoms. The number of rotatable bonds is 5. The van der Waals surface area contributed by atoms with Crippen molar-refractivity contribution in [2.24, 2.45) is 5.92 Å². The van der Waals surface area contributed by atoms with Gasteiger partial charge in [0.05, 0.1) is 0 Å². The van der Waals surface area contributed by atoms with Gasteiger partial charge in [-0.3, -0.25) is 4.79 Å². The van der Waals surface area contributed by atoms with Gasteiger partial charge in [0.1, 0.15) is 5.54 Å². The molecule has 1 saturated heterocycles. The van der Waals surface area contributed by atoms with Gasteiger partial charge in [0, 0.05) is 18.8 Å². The largest absolute Gasteiger partial charge is 0.340 e. The summed E-state index contributed by atoms with van der Waals surface area (Å²) in [6.07, 6.45) is 0.999. The number of amides is 3. The molecule has 0 aromatic heterocycles. The Hall–Kier alpha value is -1.79. The van der Waals surface area contributed by atoms with Crippen molar-refractivity contribution >= 4 is 30.0 Å². The van der Waals surface area contributed by atoms with Crippen LogP contribution in [0.5, 0.6) is 0 Å². The number of nitrogens with zero attached hydrogens (tertiary/aromatic N) is 1. The van der Waals surface area contributed by atoms with Crippen LogP contribution in [-0.2, 0) is 4.79 Å². The van der Waals surface area contributed by atoms with E-state index in [-0.39, 0.29) is 24.3 Å². The van der Waals surface area contributed by atoms with Crippen molar-refractivity contribution in [3.63, 3.8) is 0 Å². The number of likely N-dealkylation sites (tertiary alicyclic amines) is 1. The molecule has 0 aliphatic carbocycles. The van der Waals surface area contributed by atoms with E-state index in [2.05, 4.69) is 16.0 Å². The molecule has 1 heterocycles. The van der Waals surface area contributed by atoms with Crippen molar-refractivity contribution in [1.82, 2.24) is 15.5 Å². The molecule has 24 heavy (non-hydrogen) atoms. The highest BCUT2D eigenvalue weighted by Crippen LogP contribution is 2.19. The molecule has 0 radical (unpaired) electrons. The molecule has 0 spiro atoms. The van der Waals surface area contributed by atoms with E-state index in [1.165, 1.54) is 0 Å². The van der Waals surface area contributed by atoms with E-state index in [9.17, 15) is 9.59 Å². The maximum atomic E-state index is 12.7. The predicted octanol–water partition coefficient (Wildman–Crippen LogP) is 2.08. The molecule has 134 valence electrons. The summed E-state index contributed by atoms with van der Waals surface area (Å²) in [5.74, 6) is 0.442. The van der Waals surface area contributed by atoms with Gasteiger partial charge in [-0.1, -0.05) is 18.2 Å². The van der Waals surface area contributed by atoms with Crippen LogP contribution in [0.3, 0.4) is 0 Å². The van der Waals surface area contributed by atoms with E-state index in [4.69, 9.17) is 0 Å². The standard InChI is InChI=1S/C17H26N4O2.ClH/c1-17(2,15(22)21-10-9-13(12-21)11-18-3)20-16(23)19-14-7-5-4-6-8-14;/h4-8,13,18H,9-12H2,1-3H3,(H2,19,20,23);1H. The third kappa shape index (κ3) is 5.39. The Morgan fingerprint density at radius 1 is 1.25 bits per heavy atom. The Morgan fingerprint density at radius 3 is 2.54 bits per heavy atom. The van der Waals surface area contributed by atoms with Gasteiger partial charge in [0.25, 0.3) is 0 Å². The number of carbonyl (C=O) groups excluding carboxylic acids is 2. The third-order valence-electron chi connectivity index (χ3n) is 4.06. The van der Waals surface area contributed by atoms with Crippen LogP contribution < -0.4 is 16.0 Å². The molecule has 1 aromatic rings. The van der Waals surface area contributed by atoms with E-state index in [0.717, 1.165) is 26.1 Å². The van der Waals surface area contributed by atoms with Crippen LogP contribution in [0, 0.1) is 5.92 Å².